The number of nitrogens with zero attached hydrogens (tertiary/aromatic N) is 1. The number of ether oxygens (including phenoxy) is 1. The minimum absolute atomic E-state index is 0.299. The van der Waals surface area contributed by atoms with Gasteiger partial charge in [-0.1, -0.05) is 6.42 Å². The molecule has 4 rings (SSSR count). The SMILES string of the molecule is FC1CCC(CNC2NC(NC3CCCC(CN4CCCC4)C3)NC(OCC(F)(F)F)N2)CC1. The van der Waals surface area contributed by atoms with Crippen molar-refractivity contribution in [3.05, 3.63) is 0 Å². The quantitative estimate of drug-likeness (QED) is 0.316. The fraction of sp³-hybridized carbons (Fsp3) is 1.00. The van der Waals surface area contributed by atoms with Crippen LogP contribution in [0, 0.1) is 11.8 Å². The Morgan fingerprint density at radius 3 is 2.32 bits per heavy atom. The number of rotatable bonds is 9. The molecule has 0 spiro atoms. The van der Waals surface area contributed by atoms with Gasteiger partial charge in [-0.2, -0.15) is 13.2 Å². The Morgan fingerprint density at radius 2 is 1.59 bits per heavy atom. The van der Waals surface area contributed by atoms with E-state index in [2.05, 4.69) is 31.5 Å². The summed E-state index contributed by atoms with van der Waals surface area (Å²) in [7, 11) is 0. The van der Waals surface area contributed by atoms with Crippen LogP contribution in [0.4, 0.5) is 17.6 Å². The molecule has 2 aliphatic carbocycles. The summed E-state index contributed by atoms with van der Waals surface area (Å²) in [5.74, 6) is 1.03. The Morgan fingerprint density at radius 1 is 0.853 bits per heavy atom. The van der Waals surface area contributed by atoms with Gasteiger partial charge >= 0.3 is 6.18 Å². The molecule has 2 aliphatic heterocycles. The molecule has 0 aromatic rings. The van der Waals surface area contributed by atoms with Crippen LogP contribution in [-0.2, 0) is 4.74 Å². The summed E-state index contributed by atoms with van der Waals surface area (Å²) >= 11 is 0. The van der Waals surface area contributed by atoms with Gasteiger partial charge < -0.3 is 9.64 Å². The molecule has 0 aromatic carbocycles. The first-order valence-corrected chi connectivity index (χ1v) is 13.1. The van der Waals surface area contributed by atoms with Crippen molar-refractivity contribution in [3.8, 4) is 0 Å². The molecule has 7 nitrogen and oxygen atoms in total. The molecule has 5 unspecified atom stereocenters. The Bertz CT molecular complexity index is 600. The van der Waals surface area contributed by atoms with Crippen LogP contribution >= 0.6 is 0 Å². The molecule has 4 aliphatic rings. The lowest BCUT2D eigenvalue weighted by atomic mass is 9.85. The van der Waals surface area contributed by atoms with E-state index in [9.17, 15) is 17.6 Å². The molecule has 0 amide bonds. The molecule has 2 heterocycles. The van der Waals surface area contributed by atoms with Crippen molar-refractivity contribution in [1.29, 1.82) is 0 Å². The molecule has 2 saturated carbocycles. The van der Waals surface area contributed by atoms with Crippen molar-refractivity contribution in [2.75, 3.05) is 32.8 Å². The van der Waals surface area contributed by atoms with Crippen LogP contribution in [0.15, 0.2) is 0 Å². The predicted molar refractivity (Wildman–Crippen MR) is 122 cm³/mol. The van der Waals surface area contributed by atoms with E-state index in [1.807, 2.05) is 0 Å². The van der Waals surface area contributed by atoms with Crippen LogP contribution < -0.4 is 26.6 Å². The normalized spacial score (nSPS) is 38.3. The highest BCUT2D eigenvalue weighted by Gasteiger charge is 2.35. The first kappa shape index (κ1) is 26.5. The van der Waals surface area contributed by atoms with Gasteiger partial charge in [-0.05, 0) is 82.7 Å². The maximum Gasteiger partial charge on any atom is 0.411 e. The standard InChI is InChI=1S/C23H42F4N6O/c24-18-8-6-16(7-9-18)13-28-20-30-21(32-22(31-20)34-15-23(25,26)27)29-19-5-3-4-17(12-19)14-33-10-1-2-11-33/h16-22,28-32H,1-15H2. The van der Waals surface area contributed by atoms with Crippen molar-refractivity contribution >= 4 is 0 Å². The van der Waals surface area contributed by atoms with Crippen LogP contribution in [0.25, 0.3) is 0 Å². The second-order valence-corrected chi connectivity index (χ2v) is 10.6. The number of alkyl halides is 4. The summed E-state index contributed by atoms with van der Waals surface area (Å²) in [5, 5.41) is 16.4. The molecular formula is C23H42F4N6O. The maximum absolute atomic E-state index is 13.4. The predicted octanol–water partition coefficient (Wildman–Crippen LogP) is 2.56. The fourth-order valence-corrected chi connectivity index (χ4v) is 5.89. The average Bonchev–Trinajstić information content (AvgIpc) is 3.30. The summed E-state index contributed by atoms with van der Waals surface area (Å²) < 4.78 is 56.8. The number of hydrogen-bond donors (Lipinski definition) is 5. The molecular weight excluding hydrogens is 452 g/mol. The molecule has 4 fully saturated rings. The highest BCUT2D eigenvalue weighted by atomic mass is 19.4. The molecule has 34 heavy (non-hydrogen) atoms. The Kier molecular flexibility index (Phi) is 9.82. The van der Waals surface area contributed by atoms with Gasteiger partial charge in [0.15, 0.2) is 6.35 Å². The minimum atomic E-state index is -4.39. The molecule has 11 heteroatoms. The number of nitrogens with one attached hydrogen (secondary N) is 5. The second kappa shape index (κ2) is 12.6. The monoisotopic (exact) mass is 494 g/mol. The average molecular weight is 495 g/mol. The number of likely N-dealkylation sites (tertiary alicyclic amines) is 1. The van der Waals surface area contributed by atoms with E-state index < -0.39 is 31.6 Å². The lowest BCUT2D eigenvalue weighted by molar-refractivity contribution is -0.199. The fourth-order valence-electron chi connectivity index (χ4n) is 5.89. The Hall–Kier alpha value is -0.560. The lowest BCUT2D eigenvalue weighted by Crippen LogP contribution is -2.76. The molecule has 2 saturated heterocycles. The van der Waals surface area contributed by atoms with Gasteiger partial charge in [-0.15, -0.1) is 0 Å². The van der Waals surface area contributed by atoms with Gasteiger partial charge in [0.25, 0.3) is 0 Å². The van der Waals surface area contributed by atoms with Gasteiger partial charge in [-0.3, -0.25) is 26.6 Å². The third-order valence-corrected chi connectivity index (χ3v) is 7.67. The van der Waals surface area contributed by atoms with Crippen molar-refractivity contribution in [2.45, 2.75) is 102 Å². The van der Waals surface area contributed by atoms with E-state index >= 15 is 0 Å². The van der Waals surface area contributed by atoms with Crippen LogP contribution in [-0.4, -0.2) is 75.0 Å². The van der Waals surface area contributed by atoms with E-state index in [1.165, 1.54) is 32.4 Å². The van der Waals surface area contributed by atoms with Crippen LogP contribution in [0.3, 0.4) is 0 Å². The third kappa shape index (κ3) is 8.83. The zero-order valence-electron chi connectivity index (χ0n) is 20.0. The summed E-state index contributed by atoms with van der Waals surface area (Å²) in [4.78, 5) is 2.56. The number of hydrogen-bond acceptors (Lipinski definition) is 7. The third-order valence-electron chi connectivity index (χ3n) is 7.67. The smallest absolute Gasteiger partial charge is 0.340 e. The summed E-state index contributed by atoms with van der Waals surface area (Å²) in [5.41, 5.74) is 0. The van der Waals surface area contributed by atoms with Crippen LogP contribution in [0.2, 0.25) is 0 Å². The van der Waals surface area contributed by atoms with Gasteiger partial charge in [0, 0.05) is 19.1 Å². The van der Waals surface area contributed by atoms with Gasteiger partial charge in [0.1, 0.15) is 25.4 Å². The van der Waals surface area contributed by atoms with E-state index in [1.54, 1.807) is 0 Å². The molecule has 0 radical (unpaired) electrons. The minimum Gasteiger partial charge on any atom is -0.340 e. The van der Waals surface area contributed by atoms with E-state index in [-0.39, 0.29) is 6.29 Å². The Balaban J connectivity index is 1.27. The topological polar surface area (TPSA) is 72.6 Å². The first-order chi connectivity index (χ1) is 16.3. The van der Waals surface area contributed by atoms with Crippen molar-refractivity contribution in [2.24, 2.45) is 11.8 Å². The second-order valence-electron chi connectivity index (χ2n) is 10.6. The van der Waals surface area contributed by atoms with E-state index in [0.29, 0.717) is 37.3 Å². The number of halogens is 4. The van der Waals surface area contributed by atoms with E-state index in [4.69, 9.17) is 4.74 Å². The lowest BCUT2D eigenvalue weighted by Gasteiger charge is -2.42. The Labute approximate surface area is 200 Å². The van der Waals surface area contributed by atoms with Crippen molar-refractivity contribution < 1.29 is 22.3 Å². The van der Waals surface area contributed by atoms with Crippen LogP contribution in [0.1, 0.15) is 64.2 Å². The highest BCUT2D eigenvalue weighted by Crippen LogP contribution is 2.27. The van der Waals surface area contributed by atoms with Gasteiger partial charge in [0.2, 0.25) is 0 Å². The van der Waals surface area contributed by atoms with Crippen LogP contribution in [0.5, 0.6) is 0 Å². The largest absolute Gasteiger partial charge is 0.411 e. The molecule has 198 valence electrons. The van der Waals surface area contributed by atoms with Crippen molar-refractivity contribution in [1.82, 2.24) is 31.5 Å². The highest BCUT2D eigenvalue weighted by molar-refractivity contribution is 4.86. The molecule has 0 aromatic heterocycles. The van der Waals surface area contributed by atoms with Gasteiger partial charge in [-0.25, -0.2) is 4.39 Å². The summed E-state index contributed by atoms with van der Waals surface area (Å²) in [6.07, 6.45) is 3.11. The first-order valence-electron chi connectivity index (χ1n) is 13.1. The maximum atomic E-state index is 13.4. The molecule has 5 atom stereocenters. The summed E-state index contributed by atoms with van der Waals surface area (Å²) in [6, 6.07) is 0.299. The van der Waals surface area contributed by atoms with Gasteiger partial charge in [0.05, 0.1) is 0 Å². The molecule has 0 bridgehead atoms. The zero-order chi connectivity index (χ0) is 24.0. The van der Waals surface area contributed by atoms with Crippen molar-refractivity contribution in [3.63, 3.8) is 0 Å². The zero-order valence-corrected chi connectivity index (χ0v) is 20.0. The van der Waals surface area contributed by atoms with E-state index in [0.717, 1.165) is 38.6 Å². The molecule has 5 N–H and O–H groups in total. The summed E-state index contributed by atoms with van der Waals surface area (Å²) in [6.45, 7) is 2.90.